The minimum absolute atomic E-state index is 0.134. The summed E-state index contributed by atoms with van der Waals surface area (Å²) < 4.78 is 83.2. The highest BCUT2D eigenvalue weighted by Gasteiger charge is 2.38. The minimum Gasteiger partial charge on any atom is -0.496 e. The van der Waals surface area contributed by atoms with Gasteiger partial charge in [0.05, 0.1) is 18.3 Å². The van der Waals surface area contributed by atoms with Crippen LogP contribution < -0.4 is 14.4 Å². The van der Waals surface area contributed by atoms with Crippen LogP contribution in [-0.4, -0.2) is 50.2 Å². The quantitative estimate of drug-likeness (QED) is 0.290. The van der Waals surface area contributed by atoms with Gasteiger partial charge >= 0.3 is 6.09 Å². The zero-order chi connectivity index (χ0) is 30.7. The highest BCUT2D eigenvalue weighted by Crippen LogP contribution is 2.32. The lowest BCUT2D eigenvalue weighted by Crippen LogP contribution is -2.41. The molecule has 1 heterocycles. The van der Waals surface area contributed by atoms with Gasteiger partial charge in [0.15, 0.2) is 17.5 Å². The van der Waals surface area contributed by atoms with Crippen molar-refractivity contribution in [1.82, 2.24) is 9.88 Å². The number of carbonyl (C=O) groups excluding carboxylic acids is 1. The van der Waals surface area contributed by atoms with E-state index in [4.69, 9.17) is 9.47 Å². The fraction of sp³-hybridized carbons (Fsp3) is 0.407. The normalized spacial score (nSPS) is 12.1. The van der Waals surface area contributed by atoms with Gasteiger partial charge in [-0.05, 0) is 65.9 Å². The van der Waals surface area contributed by atoms with Gasteiger partial charge in [0.2, 0.25) is 0 Å². The van der Waals surface area contributed by atoms with E-state index in [2.05, 4.69) is 10.3 Å². The number of sulfonamides is 1. The van der Waals surface area contributed by atoms with Crippen molar-refractivity contribution in [3.63, 3.8) is 0 Å². The van der Waals surface area contributed by atoms with Crippen LogP contribution in [0.25, 0.3) is 0 Å². The summed E-state index contributed by atoms with van der Waals surface area (Å²) in [6, 6.07) is 4.65. The van der Waals surface area contributed by atoms with Gasteiger partial charge < -0.3 is 14.8 Å². The first kappa shape index (κ1) is 32.2. The zero-order valence-electron chi connectivity index (χ0n) is 23.8. The third-order valence-electron chi connectivity index (χ3n) is 6.05. The Morgan fingerprint density at radius 3 is 2.34 bits per heavy atom. The van der Waals surface area contributed by atoms with Gasteiger partial charge in [-0.1, -0.05) is 0 Å². The van der Waals surface area contributed by atoms with Crippen molar-refractivity contribution in [3.8, 4) is 5.75 Å². The summed E-state index contributed by atoms with van der Waals surface area (Å²) in [7, 11) is -1.70. The number of thiazole rings is 1. The van der Waals surface area contributed by atoms with Crippen LogP contribution in [0, 0.1) is 17.5 Å². The van der Waals surface area contributed by atoms with E-state index < -0.39 is 49.8 Å². The number of hydrogen-bond acceptors (Lipinski definition) is 9. The molecule has 1 amide bonds. The first-order valence-corrected chi connectivity index (χ1v) is 14.9. The molecule has 2 aromatic carbocycles. The monoisotopic (exact) mass is 614 g/mol. The molecule has 0 bridgehead atoms. The second-order valence-electron chi connectivity index (χ2n) is 10.4. The third kappa shape index (κ3) is 7.29. The number of halogens is 3. The summed E-state index contributed by atoms with van der Waals surface area (Å²) in [6.07, 6.45) is -1.34. The Kier molecular flexibility index (Phi) is 9.93. The van der Waals surface area contributed by atoms with Gasteiger partial charge in [-0.15, -0.1) is 15.6 Å². The lowest BCUT2D eigenvalue weighted by molar-refractivity contribution is 0.0608. The summed E-state index contributed by atoms with van der Waals surface area (Å²) in [5.41, 5.74) is 0.470. The van der Waals surface area contributed by atoms with Crippen molar-refractivity contribution in [1.29, 1.82) is 0 Å². The van der Waals surface area contributed by atoms with Crippen molar-refractivity contribution in [2.24, 2.45) is 0 Å². The lowest BCUT2D eigenvalue weighted by atomic mass is 10.0. The summed E-state index contributed by atoms with van der Waals surface area (Å²) in [5.74, 6) is -3.75. The van der Waals surface area contributed by atoms with Crippen LogP contribution in [-0.2, 0) is 27.8 Å². The number of nitrogens with one attached hydrogen (secondary N) is 1. The van der Waals surface area contributed by atoms with Crippen molar-refractivity contribution in [2.75, 3.05) is 23.8 Å². The fourth-order valence-corrected chi connectivity index (χ4v) is 5.62. The van der Waals surface area contributed by atoms with E-state index in [-0.39, 0.29) is 28.3 Å². The van der Waals surface area contributed by atoms with E-state index in [1.165, 1.54) is 50.9 Å². The van der Waals surface area contributed by atoms with Crippen LogP contribution in [0.3, 0.4) is 0 Å². The molecule has 0 fully saturated rings. The maximum absolute atomic E-state index is 15.3. The number of methoxy groups -OCH3 is 1. The van der Waals surface area contributed by atoms with Gasteiger partial charge in [0.25, 0.3) is 10.0 Å². The molecule has 1 N–H and O–H groups in total. The van der Waals surface area contributed by atoms with Crippen molar-refractivity contribution < 1.29 is 35.9 Å². The van der Waals surface area contributed by atoms with E-state index in [1.807, 2.05) is 25.8 Å². The van der Waals surface area contributed by atoms with Crippen LogP contribution in [0.1, 0.15) is 45.7 Å². The summed E-state index contributed by atoms with van der Waals surface area (Å²) >= 11 is 0.993. The summed E-state index contributed by atoms with van der Waals surface area (Å²) in [4.78, 5) is 17.5. The molecule has 0 radical (unpaired) electrons. The Morgan fingerprint density at radius 2 is 1.78 bits per heavy atom. The Bertz CT molecular complexity index is 1490. The molecule has 3 aromatic rings. The Morgan fingerprint density at radius 1 is 1.10 bits per heavy atom. The highest BCUT2D eigenvalue weighted by atomic mass is 32.2. The van der Waals surface area contributed by atoms with Crippen LogP contribution >= 0.6 is 11.3 Å². The largest absolute Gasteiger partial charge is 0.496 e. The molecular weight excluding hydrogens is 581 g/mol. The number of aromatic nitrogens is 1. The Balaban J connectivity index is 1.98. The average Bonchev–Trinajstić information content (AvgIpc) is 3.38. The molecule has 0 spiro atoms. The SMILES string of the molecule is COc1ccc(F)c(CNc2ccc(S(=O)(=O)N(C(=O)OC(C)(C)C)c3cscn3)c(F)c2F)c1CN(C)C(C)C. The molecule has 0 aliphatic heterocycles. The smallest absolute Gasteiger partial charge is 0.430 e. The summed E-state index contributed by atoms with van der Waals surface area (Å²) in [5, 5.41) is 3.91. The zero-order valence-corrected chi connectivity index (χ0v) is 25.4. The number of nitrogens with zero attached hydrogens (tertiary/aromatic N) is 3. The van der Waals surface area contributed by atoms with Gasteiger partial charge in [-0.25, -0.2) is 31.4 Å². The second-order valence-corrected chi connectivity index (χ2v) is 12.9. The van der Waals surface area contributed by atoms with Gasteiger partial charge in [0, 0.05) is 35.6 Å². The number of rotatable bonds is 10. The fourth-order valence-electron chi connectivity index (χ4n) is 3.70. The highest BCUT2D eigenvalue weighted by molar-refractivity contribution is 7.93. The van der Waals surface area contributed by atoms with Gasteiger partial charge in [-0.3, -0.25) is 4.90 Å². The number of ether oxygens (including phenoxy) is 2. The van der Waals surface area contributed by atoms with Crippen LogP contribution in [0.2, 0.25) is 0 Å². The molecule has 0 saturated carbocycles. The first-order chi connectivity index (χ1) is 19.1. The maximum Gasteiger partial charge on any atom is 0.430 e. The number of anilines is 2. The molecule has 3 rings (SSSR count). The first-order valence-electron chi connectivity index (χ1n) is 12.5. The number of hydrogen-bond donors (Lipinski definition) is 1. The summed E-state index contributed by atoms with van der Waals surface area (Å²) in [6.45, 7) is 8.57. The van der Waals surface area contributed by atoms with Crippen molar-refractivity contribution in [2.45, 2.75) is 64.2 Å². The minimum atomic E-state index is -5.00. The predicted octanol–water partition coefficient (Wildman–Crippen LogP) is 6.15. The van der Waals surface area contributed by atoms with Crippen molar-refractivity contribution >= 4 is 39.0 Å². The van der Waals surface area contributed by atoms with E-state index in [1.54, 1.807) is 0 Å². The van der Waals surface area contributed by atoms with E-state index in [9.17, 15) is 17.6 Å². The average molecular weight is 615 g/mol. The molecule has 0 saturated heterocycles. The number of amides is 1. The molecule has 224 valence electrons. The van der Waals surface area contributed by atoms with Crippen LogP contribution in [0.4, 0.5) is 29.5 Å². The van der Waals surface area contributed by atoms with E-state index in [0.717, 1.165) is 23.5 Å². The van der Waals surface area contributed by atoms with Crippen LogP contribution in [0.15, 0.2) is 40.1 Å². The molecule has 9 nitrogen and oxygen atoms in total. The molecule has 0 unspecified atom stereocenters. The molecule has 41 heavy (non-hydrogen) atoms. The molecule has 0 aliphatic rings. The van der Waals surface area contributed by atoms with E-state index in [0.29, 0.717) is 17.9 Å². The number of benzene rings is 2. The third-order valence-corrected chi connectivity index (χ3v) is 8.31. The molecule has 0 aliphatic carbocycles. The predicted molar refractivity (Wildman–Crippen MR) is 151 cm³/mol. The topological polar surface area (TPSA) is 101 Å². The number of carbonyl (C=O) groups is 1. The lowest BCUT2D eigenvalue weighted by Gasteiger charge is -2.26. The standard InChI is InChI=1S/C27H33F3N4O5S2/c1-16(2)33(6)13-18-17(19(28)8-10-21(18)38-7)12-31-20-9-11-22(25(30)24(20)29)41(36,37)34(23-14-40-15-32-23)26(35)39-27(3,4)5/h8-11,14-16,31H,12-13H2,1-7H3. The Labute approximate surface area is 242 Å². The van der Waals surface area contributed by atoms with Crippen LogP contribution in [0.5, 0.6) is 5.75 Å². The van der Waals surface area contributed by atoms with Crippen molar-refractivity contribution in [3.05, 3.63) is 63.7 Å². The Hall–Kier alpha value is -3.36. The molecule has 0 atom stereocenters. The molecular formula is C27H33F3N4O5S2. The maximum atomic E-state index is 15.3. The molecule has 1 aromatic heterocycles. The molecule has 14 heteroatoms. The van der Waals surface area contributed by atoms with E-state index >= 15 is 8.78 Å². The van der Waals surface area contributed by atoms with Gasteiger partial charge in [0.1, 0.15) is 22.1 Å². The van der Waals surface area contributed by atoms with Gasteiger partial charge in [-0.2, -0.15) is 0 Å². The second kappa shape index (κ2) is 12.7.